The van der Waals surface area contributed by atoms with Gasteiger partial charge < -0.3 is 9.15 Å². The molecule has 0 radical (unpaired) electrons. The Morgan fingerprint density at radius 1 is 1.11 bits per heavy atom. The molecule has 0 bridgehead atoms. The predicted molar refractivity (Wildman–Crippen MR) is 107 cm³/mol. The summed E-state index contributed by atoms with van der Waals surface area (Å²) in [5, 5.41) is 5.15. The zero-order valence-corrected chi connectivity index (χ0v) is 15.9. The Morgan fingerprint density at radius 3 is 2.59 bits per heavy atom. The first-order chi connectivity index (χ1) is 13.0. The number of furan rings is 1. The average molecular weight is 403 g/mol. The van der Waals surface area contributed by atoms with E-state index in [9.17, 15) is 4.79 Å². The number of halogens is 2. The van der Waals surface area contributed by atoms with Crippen molar-refractivity contribution in [1.82, 2.24) is 5.43 Å². The third kappa shape index (κ3) is 5.36. The first-order valence-electron chi connectivity index (χ1n) is 8.08. The van der Waals surface area contributed by atoms with E-state index in [1.165, 1.54) is 6.21 Å². The number of aryl methyl sites for hydroxylation is 1. The van der Waals surface area contributed by atoms with Gasteiger partial charge in [-0.05, 0) is 67.1 Å². The highest BCUT2D eigenvalue weighted by Gasteiger charge is 2.06. The number of hydrogen-bond acceptors (Lipinski definition) is 4. The average Bonchev–Trinajstić information content (AvgIpc) is 3.10. The van der Waals surface area contributed by atoms with Gasteiger partial charge in [0, 0.05) is 15.6 Å². The Labute approximate surface area is 166 Å². The second-order valence-corrected chi connectivity index (χ2v) is 6.57. The minimum atomic E-state index is -0.384. The summed E-state index contributed by atoms with van der Waals surface area (Å²) in [6.07, 6.45) is 1.42. The number of amides is 1. The van der Waals surface area contributed by atoms with E-state index in [0.29, 0.717) is 27.3 Å². The lowest BCUT2D eigenvalue weighted by Gasteiger charge is -2.08. The van der Waals surface area contributed by atoms with Crippen LogP contribution in [0.4, 0.5) is 0 Å². The Kier molecular flexibility index (Phi) is 6.16. The van der Waals surface area contributed by atoms with Gasteiger partial charge in [-0.3, -0.25) is 4.79 Å². The van der Waals surface area contributed by atoms with Gasteiger partial charge in [-0.1, -0.05) is 23.2 Å². The van der Waals surface area contributed by atoms with Crippen molar-refractivity contribution in [3.8, 4) is 17.1 Å². The standard InChI is InChI=1S/C20H16Cl2N2O3/c1-13-10-16(22)6-8-18(13)26-12-20(25)24-23-11-17-7-9-19(27-17)14-2-4-15(21)5-3-14/h2-11H,12H2,1H3,(H,24,25). The van der Waals surface area contributed by atoms with Gasteiger partial charge in [-0.25, -0.2) is 5.43 Å². The van der Waals surface area contributed by atoms with Gasteiger partial charge in [-0.2, -0.15) is 5.10 Å². The van der Waals surface area contributed by atoms with E-state index in [2.05, 4.69) is 10.5 Å². The smallest absolute Gasteiger partial charge is 0.277 e. The summed E-state index contributed by atoms with van der Waals surface area (Å²) in [7, 11) is 0. The molecular formula is C20H16Cl2N2O3. The van der Waals surface area contributed by atoms with Gasteiger partial charge in [0.05, 0.1) is 6.21 Å². The topological polar surface area (TPSA) is 63.8 Å². The molecule has 0 fully saturated rings. The zero-order valence-electron chi connectivity index (χ0n) is 14.4. The van der Waals surface area contributed by atoms with E-state index in [1.807, 2.05) is 25.1 Å². The van der Waals surface area contributed by atoms with Crippen LogP contribution >= 0.6 is 23.2 Å². The van der Waals surface area contributed by atoms with Gasteiger partial charge in [-0.15, -0.1) is 0 Å². The van der Waals surface area contributed by atoms with E-state index in [4.69, 9.17) is 32.4 Å². The minimum absolute atomic E-state index is 0.159. The molecule has 5 nitrogen and oxygen atoms in total. The van der Waals surface area contributed by atoms with Crippen LogP contribution in [0.5, 0.6) is 5.75 Å². The number of benzene rings is 2. The van der Waals surface area contributed by atoms with Crippen molar-refractivity contribution < 1.29 is 13.9 Å². The monoisotopic (exact) mass is 402 g/mol. The molecule has 27 heavy (non-hydrogen) atoms. The molecule has 0 aliphatic rings. The van der Waals surface area contributed by atoms with E-state index < -0.39 is 0 Å². The van der Waals surface area contributed by atoms with Crippen molar-refractivity contribution in [2.75, 3.05) is 6.61 Å². The Balaban J connectivity index is 1.51. The summed E-state index contributed by atoms with van der Waals surface area (Å²) in [5.74, 6) is 1.40. The van der Waals surface area contributed by atoms with Gasteiger partial charge >= 0.3 is 0 Å². The van der Waals surface area contributed by atoms with Crippen LogP contribution in [0.15, 0.2) is 64.1 Å². The fourth-order valence-corrected chi connectivity index (χ4v) is 2.66. The largest absolute Gasteiger partial charge is 0.483 e. The summed E-state index contributed by atoms with van der Waals surface area (Å²) in [5.41, 5.74) is 4.14. The number of nitrogens with zero attached hydrogens (tertiary/aromatic N) is 1. The number of carbonyl (C=O) groups excluding carboxylic acids is 1. The maximum absolute atomic E-state index is 11.8. The van der Waals surface area contributed by atoms with Gasteiger partial charge in [0.1, 0.15) is 17.3 Å². The van der Waals surface area contributed by atoms with Gasteiger partial charge in [0.25, 0.3) is 5.91 Å². The second kappa shape index (κ2) is 8.75. The molecule has 2 aromatic carbocycles. The number of hydrazone groups is 1. The maximum Gasteiger partial charge on any atom is 0.277 e. The van der Waals surface area contributed by atoms with Crippen LogP contribution in [-0.2, 0) is 4.79 Å². The van der Waals surface area contributed by atoms with Crippen molar-refractivity contribution >= 4 is 35.3 Å². The maximum atomic E-state index is 11.8. The molecule has 0 saturated heterocycles. The molecule has 0 unspecified atom stereocenters. The second-order valence-electron chi connectivity index (χ2n) is 5.70. The Morgan fingerprint density at radius 2 is 1.85 bits per heavy atom. The molecule has 3 aromatic rings. The van der Waals surface area contributed by atoms with E-state index >= 15 is 0 Å². The fourth-order valence-electron chi connectivity index (χ4n) is 2.31. The van der Waals surface area contributed by atoms with E-state index in [1.54, 1.807) is 36.4 Å². The normalized spacial score (nSPS) is 10.9. The number of rotatable bonds is 6. The first kappa shape index (κ1) is 19.0. The SMILES string of the molecule is Cc1cc(Cl)ccc1OCC(=O)NN=Cc1ccc(-c2ccc(Cl)cc2)o1. The van der Waals surface area contributed by atoms with Crippen LogP contribution in [-0.4, -0.2) is 18.7 Å². The molecule has 1 aromatic heterocycles. The Bertz CT molecular complexity index is 966. The molecular weight excluding hydrogens is 387 g/mol. The van der Waals surface area contributed by atoms with Crippen LogP contribution < -0.4 is 10.2 Å². The summed E-state index contributed by atoms with van der Waals surface area (Å²) in [4.78, 5) is 11.8. The molecule has 0 aliphatic heterocycles. The number of nitrogens with one attached hydrogen (secondary N) is 1. The van der Waals surface area contributed by atoms with Crippen LogP contribution in [0, 0.1) is 6.92 Å². The van der Waals surface area contributed by atoms with E-state index in [0.717, 1.165) is 11.1 Å². The molecule has 0 atom stereocenters. The third-order valence-corrected chi connectivity index (χ3v) is 4.12. The van der Waals surface area contributed by atoms with Gasteiger partial charge in [0.15, 0.2) is 6.61 Å². The molecule has 0 saturated carbocycles. The summed E-state index contributed by atoms with van der Waals surface area (Å²) >= 11 is 11.8. The highest BCUT2D eigenvalue weighted by Crippen LogP contribution is 2.23. The molecule has 7 heteroatoms. The quantitative estimate of drug-likeness (QED) is 0.461. The molecule has 1 amide bonds. The van der Waals surface area contributed by atoms with Crippen LogP contribution in [0.2, 0.25) is 10.0 Å². The van der Waals surface area contributed by atoms with Crippen molar-refractivity contribution in [2.45, 2.75) is 6.92 Å². The Hall–Kier alpha value is -2.76. The lowest BCUT2D eigenvalue weighted by molar-refractivity contribution is -0.123. The molecule has 1 heterocycles. The van der Waals surface area contributed by atoms with Crippen molar-refractivity contribution in [3.05, 3.63) is 76.0 Å². The molecule has 138 valence electrons. The van der Waals surface area contributed by atoms with Crippen molar-refractivity contribution in [2.24, 2.45) is 5.10 Å². The van der Waals surface area contributed by atoms with Crippen molar-refractivity contribution in [1.29, 1.82) is 0 Å². The van der Waals surface area contributed by atoms with Crippen LogP contribution in [0.3, 0.4) is 0 Å². The molecule has 3 rings (SSSR count). The molecule has 1 N–H and O–H groups in total. The highest BCUT2D eigenvalue weighted by atomic mass is 35.5. The zero-order chi connectivity index (χ0) is 19.2. The van der Waals surface area contributed by atoms with Crippen LogP contribution in [0.25, 0.3) is 11.3 Å². The summed E-state index contributed by atoms with van der Waals surface area (Å²) in [6, 6.07) is 16.1. The predicted octanol–water partition coefficient (Wildman–Crippen LogP) is 5.09. The summed E-state index contributed by atoms with van der Waals surface area (Å²) in [6.45, 7) is 1.69. The third-order valence-electron chi connectivity index (χ3n) is 3.63. The number of hydrogen-bond donors (Lipinski definition) is 1. The molecule has 0 spiro atoms. The fraction of sp³-hybridized carbons (Fsp3) is 0.100. The lowest BCUT2D eigenvalue weighted by atomic mass is 10.2. The first-order valence-corrected chi connectivity index (χ1v) is 8.83. The van der Waals surface area contributed by atoms with Crippen molar-refractivity contribution in [3.63, 3.8) is 0 Å². The number of ether oxygens (including phenoxy) is 1. The lowest BCUT2D eigenvalue weighted by Crippen LogP contribution is -2.24. The van der Waals surface area contributed by atoms with Gasteiger partial charge in [0.2, 0.25) is 0 Å². The minimum Gasteiger partial charge on any atom is -0.483 e. The molecule has 0 aliphatic carbocycles. The summed E-state index contributed by atoms with van der Waals surface area (Å²) < 4.78 is 11.1. The van der Waals surface area contributed by atoms with Crippen LogP contribution in [0.1, 0.15) is 11.3 Å². The number of carbonyl (C=O) groups is 1. The highest BCUT2D eigenvalue weighted by molar-refractivity contribution is 6.30. The van der Waals surface area contributed by atoms with E-state index in [-0.39, 0.29) is 12.5 Å².